The van der Waals surface area contributed by atoms with E-state index in [2.05, 4.69) is 4.74 Å². The van der Waals surface area contributed by atoms with E-state index in [1.54, 1.807) is 13.8 Å². The molecule has 0 aliphatic heterocycles. The number of Topliss-reactive ketones (excluding diaryl/α,β-unsaturated/α-hetero) is 1. The summed E-state index contributed by atoms with van der Waals surface area (Å²) in [5.41, 5.74) is 0. The van der Waals surface area contributed by atoms with Crippen LogP contribution in [0.15, 0.2) is 0 Å². The van der Waals surface area contributed by atoms with Gasteiger partial charge in [0.1, 0.15) is 5.78 Å². The number of ketones is 1. The molecule has 0 rings (SSSR count). The summed E-state index contributed by atoms with van der Waals surface area (Å²) in [5, 5.41) is 8.60. The molecule has 0 aliphatic rings. The number of ether oxygens (including phenoxy) is 1. The van der Waals surface area contributed by atoms with Crippen molar-refractivity contribution in [3.05, 3.63) is 0 Å². The number of aliphatic carboxylic acids is 1. The Kier molecular flexibility index (Phi) is 5.59. The average Bonchev–Trinajstić information content (AvgIpc) is 2.14. The second-order valence-electron chi connectivity index (χ2n) is 3.63. The Balaban J connectivity index is 4.50. The minimum absolute atomic E-state index is 0.167. The van der Waals surface area contributed by atoms with Crippen molar-refractivity contribution in [1.82, 2.24) is 0 Å². The zero-order valence-corrected chi connectivity index (χ0v) is 9.15. The van der Waals surface area contributed by atoms with Crippen LogP contribution in [0.3, 0.4) is 0 Å². The molecule has 0 aromatic rings. The van der Waals surface area contributed by atoms with Crippen molar-refractivity contribution in [2.45, 2.75) is 26.7 Å². The molecule has 5 nitrogen and oxygen atoms in total. The van der Waals surface area contributed by atoms with Crippen LogP contribution in [0.5, 0.6) is 0 Å². The topological polar surface area (TPSA) is 80.7 Å². The Labute approximate surface area is 88.4 Å². The molecule has 5 heteroatoms. The minimum Gasteiger partial charge on any atom is -0.481 e. The van der Waals surface area contributed by atoms with Gasteiger partial charge in [0, 0.05) is 11.8 Å². The lowest BCUT2D eigenvalue weighted by Gasteiger charge is -2.14. The molecule has 0 fully saturated rings. The molecule has 0 radical (unpaired) electrons. The normalized spacial score (nSPS) is 12.3. The summed E-state index contributed by atoms with van der Waals surface area (Å²) in [6.07, 6.45) is -0.494. The summed E-state index contributed by atoms with van der Waals surface area (Å²) in [7, 11) is 1.21. The molecule has 0 spiro atoms. The number of esters is 1. The molecule has 0 amide bonds. The molecule has 1 unspecified atom stereocenters. The lowest BCUT2D eigenvalue weighted by Crippen LogP contribution is -2.25. The molecule has 0 bridgehead atoms. The van der Waals surface area contributed by atoms with Crippen LogP contribution < -0.4 is 0 Å². The van der Waals surface area contributed by atoms with Crippen molar-refractivity contribution in [3.63, 3.8) is 0 Å². The predicted octanol–water partition coefficient (Wildman–Crippen LogP) is 0.865. The summed E-state index contributed by atoms with van der Waals surface area (Å²) in [5.74, 6) is -2.93. The van der Waals surface area contributed by atoms with Gasteiger partial charge in [-0.3, -0.25) is 14.4 Å². The molecule has 1 atom stereocenters. The van der Waals surface area contributed by atoms with Gasteiger partial charge in [0.05, 0.1) is 20.0 Å². The maximum atomic E-state index is 11.6. The first-order chi connectivity index (χ1) is 6.88. The maximum absolute atomic E-state index is 11.6. The fourth-order valence-corrected chi connectivity index (χ4v) is 1.24. The molecule has 86 valence electrons. The van der Waals surface area contributed by atoms with Gasteiger partial charge >= 0.3 is 11.9 Å². The molecule has 0 saturated heterocycles. The van der Waals surface area contributed by atoms with Crippen LogP contribution in [-0.4, -0.2) is 29.9 Å². The monoisotopic (exact) mass is 216 g/mol. The quantitative estimate of drug-likeness (QED) is 0.666. The standard InChI is InChI=1S/C10H16O5/c1-6(2)10(14)7(4-8(11)12)5-9(13)15-3/h6-7H,4-5H2,1-3H3,(H,11,12). The van der Waals surface area contributed by atoms with Crippen LogP contribution >= 0.6 is 0 Å². The number of methoxy groups -OCH3 is 1. The van der Waals surface area contributed by atoms with Gasteiger partial charge in [-0.05, 0) is 0 Å². The van der Waals surface area contributed by atoms with Gasteiger partial charge in [-0.25, -0.2) is 0 Å². The van der Waals surface area contributed by atoms with Crippen molar-refractivity contribution in [2.24, 2.45) is 11.8 Å². The minimum atomic E-state index is -1.09. The maximum Gasteiger partial charge on any atom is 0.306 e. The third-order valence-corrected chi connectivity index (χ3v) is 2.03. The molecular formula is C10H16O5. The zero-order chi connectivity index (χ0) is 12.0. The molecule has 0 heterocycles. The van der Waals surface area contributed by atoms with Crippen molar-refractivity contribution < 1.29 is 24.2 Å². The number of carboxylic acid groups (broad SMARTS) is 1. The predicted molar refractivity (Wildman–Crippen MR) is 52.2 cm³/mol. The Morgan fingerprint density at radius 1 is 1.20 bits per heavy atom. The highest BCUT2D eigenvalue weighted by Crippen LogP contribution is 2.16. The summed E-state index contributed by atoms with van der Waals surface area (Å²) in [6, 6.07) is 0. The van der Waals surface area contributed by atoms with Crippen LogP contribution in [0.2, 0.25) is 0 Å². The van der Waals surface area contributed by atoms with E-state index in [1.807, 2.05) is 0 Å². The Bertz CT molecular complexity index is 257. The molecule has 0 aromatic heterocycles. The Morgan fingerprint density at radius 2 is 1.73 bits per heavy atom. The van der Waals surface area contributed by atoms with E-state index >= 15 is 0 Å². The lowest BCUT2D eigenvalue weighted by atomic mass is 9.90. The Hall–Kier alpha value is -1.39. The number of hydrogen-bond donors (Lipinski definition) is 1. The van der Waals surface area contributed by atoms with Crippen LogP contribution in [0.1, 0.15) is 26.7 Å². The first-order valence-corrected chi connectivity index (χ1v) is 4.70. The van der Waals surface area contributed by atoms with E-state index in [1.165, 1.54) is 7.11 Å². The van der Waals surface area contributed by atoms with E-state index in [-0.39, 0.29) is 24.5 Å². The third kappa shape index (κ3) is 5.15. The second kappa shape index (κ2) is 6.16. The molecular weight excluding hydrogens is 200 g/mol. The van der Waals surface area contributed by atoms with Crippen LogP contribution in [0.25, 0.3) is 0 Å². The third-order valence-electron chi connectivity index (χ3n) is 2.03. The van der Waals surface area contributed by atoms with E-state index < -0.39 is 17.9 Å². The van der Waals surface area contributed by atoms with Gasteiger partial charge in [0.25, 0.3) is 0 Å². The first kappa shape index (κ1) is 13.6. The molecule has 15 heavy (non-hydrogen) atoms. The number of hydrogen-bond acceptors (Lipinski definition) is 4. The fraction of sp³-hybridized carbons (Fsp3) is 0.700. The van der Waals surface area contributed by atoms with Crippen molar-refractivity contribution in [3.8, 4) is 0 Å². The van der Waals surface area contributed by atoms with Crippen LogP contribution in [0.4, 0.5) is 0 Å². The van der Waals surface area contributed by atoms with E-state index in [4.69, 9.17) is 5.11 Å². The highest BCUT2D eigenvalue weighted by molar-refractivity contribution is 5.89. The SMILES string of the molecule is COC(=O)CC(CC(=O)O)C(=O)C(C)C. The van der Waals surface area contributed by atoms with Gasteiger partial charge in [-0.15, -0.1) is 0 Å². The first-order valence-electron chi connectivity index (χ1n) is 4.70. The van der Waals surface area contributed by atoms with E-state index in [0.717, 1.165) is 0 Å². The van der Waals surface area contributed by atoms with Gasteiger partial charge in [-0.1, -0.05) is 13.8 Å². The number of carboxylic acids is 1. The number of carbonyl (C=O) groups excluding carboxylic acids is 2. The summed E-state index contributed by atoms with van der Waals surface area (Å²) >= 11 is 0. The van der Waals surface area contributed by atoms with E-state index in [9.17, 15) is 14.4 Å². The van der Waals surface area contributed by atoms with Crippen LogP contribution in [-0.2, 0) is 19.1 Å². The highest BCUT2D eigenvalue weighted by Gasteiger charge is 2.26. The van der Waals surface area contributed by atoms with Crippen LogP contribution in [0, 0.1) is 11.8 Å². The fourth-order valence-electron chi connectivity index (χ4n) is 1.24. The smallest absolute Gasteiger partial charge is 0.306 e. The number of rotatable bonds is 6. The largest absolute Gasteiger partial charge is 0.481 e. The lowest BCUT2D eigenvalue weighted by molar-refractivity contribution is -0.147. The average molecular weight is 216 g/mol. The summed E-state index contributed by atoms with van der Waals surface area (Å²) in [6.45, 7) is 3.35. The van der Waals surface area contributed by atoms with Crippen molar-refractivity contribution >= 4 is 17.7 Å². The molecule has 0 aromatic carbocycles. The summed E-state index contributed by atoms with van der Waals surface area (Å²) < 4.78 is 4.41. The van der Waals surface area contributed by atoms with Gasteiger partial charge in [0.2, 0.25) is 0 Å². The Morgan fingerprint density at radius 3 is 2.07 bits per heavy atom. The molecule has 1 N–H and O–H groups in total. The second-order valence-corrected chi connectivity index (χ2v) is 3.63. The zero-order valence-electron chi connectivity index (χ0n) is 9.15. The molecule has 0 saturated carbocycles. The molecule has 0 aliphatic carbocycles. The highest BCUT2D eigenvalue weighted by atomic mass is 16.5. The van der Waals surface area contributed by atoms with Gasteiger partial charge in [-0.2, -0.15) is 0 Å². The number of carbonyl (C=O) groups is 3. The van der Waals surface area contributed by atoms with Gasteiger partial charge in [0.15, 0.2) is 0 Å². The van der Waals surface area contributed by atoms with Gasteiger partial charge < -0.3 is 9.84 Å². The summed E-state index contributed by atoms with van der Waals surface area (Å²) in [4.78, 5) is 33.0. The van der Waals surface area contributed by atoms with E-state index in [0.29, 0.717) is 0 Å². The van der Waals surface area contributed by atoms with Crippen molar-refractivity contribution in [2.75, 3.05) is 7.11 Å². The van der Waals surface area contributed by atoms with Crippen molar-refractivity contribution in [1.29, 1.82) is 0 Å².